The van der Waals surface area contributed by atoms with Crippen LogP contribution in [0.25, 0.3) is 0 Å². The van der Waals surface area contributed by atoms with Crippen LogP contribution in [0.3, 0.4) is 0 Å². The molecule has 19 heavy (non-hydrogen) atoms. The van der Waals surface area contributed by atoms with Crippen LogP contribution in [0.4, 0.5) is 0 Å². The molecule has 1 aromatic rings. The first-order valence-electron chi connectivity index (χ1n) is 5.89. The van der Waals surface area contributed by atoms with E-state index < -0.39 is 12.1 Å². The number of carbonyl (C=O) groups is 2. The van der Waals surface area contributed by atoms with Crippen molar-refractivity contribution >= 4 is 35.1 Å². The quantitative estimate of drug-likeness (QED) is 0.851. The van der Waals surface area contributed by atoms with Crippen molar-refractivity contribution in [1.82, 2.24) is 5.32 Å². The molecule has 1 N–H and O–H groups in total. The van der Waals surface area contributed by atoms with E-state index in [0.29, 0.717) is 11.6 Å². The maximum absolute atomic E-state index is 11.8. The van der Waals surface area contributed by atoms with Gasteiger partial charge in [0.15, 0.2) is 6.10 Å². The number of ether oxygens (including phenoxy) is 1. The summed E-state index contributed by atoms with van der Waals surface area (Å²) in [6.45, 7) is 4.00. The monoisotopic (exact) mass is 303 g/mol. The number of hydrogen-bond acceptors (Lipinski definition) is 3. The largest absolute Gasteiger partial charge is 0.449 e. The predicted molar refractivity (Wildman–Crippen MR) is 74.6 cm³/mol. The van der Waals surface area contributed by atoms with Crippen molar-refractivity contribution in [3.05, 3.63) is 33.8 Å². The number of carbonyl (C=O) groups excluding carboxylic acids is 2. The molecule has 0 heterocycles. The minimum absolute atomic E-state index is 0.254. The van der Waals surface area contributed by atoms with Crippen LogP contribution in [-0.4, -0.2) is 24.5 Å². The van der Waals surface area contributed by atoms with E-state index in [1.807, 2.05) is 6.92 Å². The zero-order valence-corrected chi connectivity index (χ0v) is 12.2. The average Bonchev–Trinajstić information content (AvgIpc) is 2.38. The van der Waals surface area contributed by atoms with E-state index >= 15 is 0 Å². The average molecular weight is 304 g/mol. The fraction of sp³-hybridized carbons (Fsp3) is 0.385. The summed E-state index contributed by atoms with van der Waals surface area (Å²) in [6.07, 6.45) is -0.0346. The van der Waals surface area contributed by atoms with Gasteiger partial charge >= 0.3 is 5.97 Å². The third-order valence-electron chi connectivity index (χ3n) is 2.36. The molecule has 0 saturated carbocycles. The number of amides is 1. The molecule has 0 fully saturated rings. The van der Waals surface area contributed by atoms with Gasteiger partial charge in [-0.2, -0.15) is 0 Å². The molecular weight excluding hydrogens is 289 g/mol. The topological polar surface area (TPSA) is 55.4 Å². The first-order chi connectivity index (χ1) is 8.95. The zero-order valence-electron chi connectivity index (χ0n) is 10.7. The molecule has 1 rings (SSSR count). The van der Waals surface area contributed by atoms with Crippen LogP contribution in [0.5, 0.6) is 0 Å². The molecule has 0 saturated heterocycles. The van der Waals surface area contributed by atoms with Crippen LogP contribution in [-0.2, 0) is 9.53 Å². The van der Waals surface area contributed by atoms with Gasteiger partial charge in [0.25, 0.3) is 5.91 Å². The summed E-state index contributed by atoms with van der Waals surface area (Å²) in [7, 11) is 0. The first-order valence-corrected chi connectivity index (χ1v) is 6.65. The normalized spacial score (nSPS) is 11.8. The van der Waals surface area contributed by atoms with Crippen molar-refractivity contribution in [3.63, 3.8) is 0 Å². The fourth-order valence-electron chi connectivity index (χ4n) is 1.30. The molecule has 0 aliphatic rings. The zero-order chi connectivity index (χ0) is 14.4. The fourth-order valence-corrected chi connectivity index (χ4v) is 1.60. The second kappa shape index (κ2) is 7.36. The standard InChI is InChI=1S/C13H15Cl2NO3/c1-3-6-16-12(17)8(2)19-13(18)9-4-5-10(14)11(15)7-9/h4-5,7-8H,3,6H2,1-2H3,(H,16,17)/t8-/m0/s1. The van der Waals surface area contributed by atoms with Gasteiger partial charge in [-0.1, -0.05) is 30.1 Å². The minimum atomic E-state index is -0.853. The Bertz CT molecular complexity index is 477. The van der Waals surface area contributed by atoms with Gasteiger partial charge in [0.2, 0.25) is 0 Å². The second-order valence-corrected chi connectivity index (χ2v) is 4.78. The number of halogens is 2. The smallest absolute Gasteiger partial charge is 0.338 e. The van der Waals surface area contributed by atoms with Gasteiger partial charge in [0.05, 0.1) is 15.6 Å². The summed E-state index contributed by atoms with van der Waals surface area (Å²) in [4.78, 5) is 23.3. The second-order valence-electron chi connectivity index (χ2n) is 3.97. The van der Waals surface area contributed by atoms with Crippen LogP contribution in [0.15, 0.2) is 18.2 Å². The van der Waals surface area contributed by atoms with E-state index in [1.165, 1.54) is 25.1 Å². The molecule has 0 spiro atoms. The van der Waals surface area contributed by atoms with Gasteiger partial charge in [-0.25, -0.2) is 4.79 Å². The SMILES string of the molecule is CCCNC(=O)[C@H](C)OC(=O)c1ccc(Cl)c(Cl)c1. The highest BCUT2D eigenvalue weighted by Crippen LogP contribution is 2.23. The highest BCUT2D eigenvalue weighted by molar-refractivity contribution is 6.42. The summed E-state index contributed by atoms with van der Waals surface area (Å²) in [6, 6.07) is 4.40. The Kier molecular flexibility index (Phi) is 6.12. The highest BCUT2D eigenvalue weighted by Gasteiger charge is 2.18. The van der Waals surface area contributed by atoms with Gasteiger partial charge in [0.1, 0.15) is 0 Å². The Labute approximate surface area is 122 Å². The van der Waals surface area contributed by atoms with Crippen LogP contribution >= 0.6 is 23.2 Å². The van der Waals surface area contributed by atoms with Crippen molar-refractivity contribution in [1.29, 1.82) is 0 Å². The van der Waals surface area contributed by atoms with Gasteiger partial charge in [-0.3, -0.25) is 4.79 Å². The summed E-state index contributed by atoms with van der Waals surface area (Å²) < 4.78 is 5.04. The van der Waals surface area contributed by atoms with Crippen molar-refractivity contribution in [2.75, 3.05) is 6.54 Å². The molecule has 0 bridgehead atoms. The lowest BCUT2D eigenvalue weighted by Gasteiger charge is -2.13. The van der Waals surface area contributed by atoms with Gasteiger partial charge < -0.3 is 10.1 Å². The molecule has 1 aromatic carbocycles. The van der Waals surface area contributed by atoms with Gasteiger partial charge in [0, 0.05) is 6.54 Å². The molecule has 0 unspecified atom stereocenters. The van der Waals surface area contributed by atoms with E-state index in [0.717, 1.165) is 6.42 Å². The highest BCUT2D eigenvalue weighted by atomic mass is 35.5. The molecule has 1 amide bonds. The summed E-state index contributed by atoms with van der Waals surface area (Å²) in [5.74, 6) is -0.937. The maximum Gasteiger partial charge on any atom is 0.338 e. The Morgan fingerprint density at radius 2 is 2.00 bits per heavy atom. The molecule has 0 aliphatic heterocycles. The van der Waals surface area contributed by atoms with Crippen LogP contribution < -0.4 is 5.32 Å². The molecule has 0 aromatic heterocycles. The molecule has 4 nitrogen and oxygen atoms in total. The number of nitrogens with one attached hydrogen (secondary N) is 1. The first kappa shape index (κ1) is 15.8. The molecule has 0 aliphatic carbocycles. The lowest BCUT2D eigenvalue weighted by atomic mass is 10.2. The molecule has 6 heteroatoms. The minimum Gasteiger partial charge on any atom is -0.449 e. The van der Waals surface area contributed by atoms with Crippen LogP contribution in [0.1, 0.15) is 30.6 Å². The third kappa shape index (κ3) is 4.73. The van der Waals surface area contributed by atoms with E-state index in [-0.39, 0.29) is 16.5 Å². The number of rotatable bonds is 5. The predicted octanol–water partition coefficient (Wildman–Crippen LogP) is 3.06. The lowest BCUT2D eigenvalue weighted by Crippen LogP contribution is -2.36. The maximum atomic E-state index is 11.8. The van der Waals surface area contributed by atoms with Crippen LogP contribution in [0, 0.1) is 0 Å². The Morgan fingerprint density at radius 3 is 2.58 bits per heavy atom. The lowest BCUT2D eigenvalue weighted by molar-refractivity contribution is -0.129. The molecule has 104 valence electrons. The van der Waals surface area contributed by atoms with E-state index in [4.69, 9.17) is 27.9 Å². The van der Waals surface area contributed by atoms with E-state index in [2.05, 4.69) is 5.32 Å². The van der Waals surface area contributed by atoms with E-state index in [1.54, 1.807) is 0 Å². The molecule has 0 radical (unpaired) electrons. The summed E-state index contributed by atoms with van der Waals surface area (Å²) >= 11 is 11.6. The van der Waals surface area contributed by atoms with E-state index in [9.17, 15) is 9.59 Å². The summed E-state index contributed by atoms with van der Waals surface area (Å²) in [5.41, 5.74) is 0.254. The number of benzene rings is 1. The van der Waals surface area contributed by atoms with Gasteiger partial charge in [-0.15, -0.1) is 0 Å². The molecular formula is C13H15Cl2NO3. The third-order valence-corrected chi connectivity index (χ3v) is 3.10. The van der Waals surface area contributed by atoms with Gasteiger partial charge in [-0.05, 0) is 31.5 Å². The number of esters is 1. The van der Waals surface area contributed by atoms with Crippen molar-refractivity contribution in [2.45, 2.75) is 26.4 Å². The number of hydrogen-bond donors (Lipinski definition) is 1. The molecule has 1 atom stereocenters. The Balaban J connectivity index is 2.63. The van der Waals surface area contributed by atoms with Crippen molar-refractivity contribution < 1.29 is 14.3 Å². The summed E-state index contributed by atoms with van der Waals surface area (Å²) in [5, 5.41) is 3.26. The van der Waals surface area contributed by atoms with Crippen molar-refractivity contribution in [2.24, 2.45) is 0 Å². The van der Waals surface area contributed by atoms with Crippen LogP contribution in [0.2, 0.25) is 10.0 Å². The van der Waals surface area contributed by atoms with Crippen molar-refractivity contribution in [3.8, 4) is 0 Å². The Hall–Kier alpha value is -1.26. The Morgan fingerprint density at radius 1 is 1.32 bits per heavy atom.